The molecule has 0 aromatic heterocycles. The second-order valence-corrected chi connectivity index (χ2v) is 12.0. The van der Waals surface area contributed by atoms with E-state index in [1.807, 2.05) is 46.2 Å². The Morgan fingerprint density at radius 2 is 1.85 bits per heavy atom. The number of allylic oxidation sites excluding steroid dienone is 2. The average molecular weight is 548 g/mol. The number of nitrogens with zero attached hydrogens (tertiary/aromatic N) is 3. The molecule has 2 aliphatic carbocycles. The number of β-amino-alcohol motifs (C(OH)–C–C–N with tert-alkyl or cyclic N) is 1. The van der Waals surface area contributed by atoms with Gasteiger partial charge in [0.05, 0.1) is 6.54 Å². The Kier molecular flexibility index (Phi) is 9.43. The Hall–Kier alpha value is -2.90. The molecule has 1 aromatic carbocycles. The fourth-order valence-corrected chi connectivity index (χ4v) is 7.00. The molecule has 2 atom stereocenters. The molecule has 0 radical (unpaired) electrons. The molecule has 0 spiro atoms. The molecule has 216 valence electrons. The van der Waals surface area contributed by atoms with Crippen molar-refractivity contribution in [3.63, 3.8) is 0 Å². The van der Waals surface area contributed by atoms with E-state index >= 15 is 0 Å². The minimum Gasteiger partial charge on any atom is -0.445 e. The highest BCUT2D eigenvalue weighted by atomic mass is 16.6. The van der Waals surface area contributed by atoms with Gasteiger partial charge in [-0.2, -0.15) is 0 Å². The van der Waals surface area contributed by atoms with Crippen LogP contribution in [0, 0.1) is 11.8 Å². The summed E-state index contributed by atoms with van der Waals surface area (Å²) in [6, 6.07) is 9.96. The van der Waals surface area contributed by atoms with E-state index in [1.165, 1.54) is 0 Å². The standard InChI is InChI=1S/C33H45N3O4/c1-2-19-36(32(38)40-24-26-11-5-3-6-12-26)30-17-20-34(21-18-30)22-29-23-35(31(37)27-13-9-10-14-27)25-33(29,39)28-15-7-4-8-16-28/h2,4-5,7-8,11-12,15-16,27,29-30,39H,1,3,6,9-10,13-14,17-25H2. The lowest BCUT2D eigenvalue weighted by Crippen LogP contribution is -2.50. The Bertz CT molecular complexity index is 1090. The maximum atomic E-state index is 13.3. The van der Waals surface area contributed by atoms with E-state index in [9.17, 15) is 14.7 Å². The van der Waals surface area contributed by atoms with Crippen molar-refractivity contribution >= 4 is 12.0 Å². The second kappa shape index (κ2) is 13.2. The van der Waals surface area contributed by atoms with Crippen LogP contribution in [0.5, 0.6) is 0 Å². The van der Waals surface area contributed by atoms with E-state index in [1.54, 1.807) is 6.08 Å². The van der Waals surface area contributed by atoms with Crippen molar-refractivity contribution in [2.24, 2.45) is 11.8 Å². The van der Waals surface area contributed by atoms with Crippen LogP contribution in [-0.4, -0.2) is 83.7 Å². The first-order valence-corrected chi connectivity index (χ1v) is 15.2. The van der Waals surface area contributed by atoms with Crippen LogP contribution in [0.1, 0.15) is 56.9 Å². The first-order valence-electron chi connectivity index (χ1n) is 15.2. The molecule has 7 nitrogen and oxygen atoms in total. The summed E-state index contributed by atoms with van der Waals surface area (Å²) in [6.07, 6.45) is 15.7. The number of likely N-dealkylation sites (tertiary alicyclic amines) is 2. The molecule has 40 heavy (non-hydrogen) atoms. The Balaban J connectivity index is 1.20. The fourth-order valence-electron chi connectivity index (χ4n) is 7.00. The van der Waals surface area contributed by atoms with Crippen LogP contribution in [0.15, 0.2) is 66.8 Å². The lowest BCUT2D eigenvalue weighted by molar-refractivity contribution is -0.135. The number of piperidine rings is 1. The molecule has 3 fully saturated rings. The molecule has 0 bridgehead atoms. The second-order valence-electron chi connectivity index (χ2n) is 12.0. The Morgan fingerprint density at radius 3 is 2.52 bits per heavy atom. The minimum atomic E-state index is -1.06. The predicted molar refractivity (Wildman–Crippen MR) is 157 cm³/mol. The topological polar surface area (TPSA) is 73.3 Å². The van der Waals surface area contributed by atoms with Crippen LogP contribution in [0.4, 0.5) is 4.79 Å². The highest BCUT2D eigenvalue weighted by Crippen LogP contribution is 2.40. The zero-order valence-corrected chi connectivity index (χ0v) is 23.8. The van der Waals surface area contributed by atoms with Crippen LogP contribution < -0.4 is 0 Å². The number of hydrogen-bond donors (Lipinski definition) is 1. The number of rotatable bonds is 9. The van der Waals surface area contributed by atoms with Gasteiger partial charge in [-0.25, -0.2) is 4.79 Å². The lowest BCUT2D eigenvalue weighted by Gasteiger charge is -2.40. The van der Waals surface area contributed by atoms with Crippen LogP contribution in [0.25, 0.3) is 0 Å². The van der Waals surface area contributed by atoms with E-state index in [2.05, 4.69) is 23.6 Å². The van der Waals surface area contributed by atoms with Crippen molar-refractivity contribution in [2.75, 3.05) is 45.9 Å². The number of aliphatic hydroxyl groups is 1. The van der Waals surface area contributed by atoms with E-state index in [-0.39, 0.29) is 29.9 Å². The van der Waals surface area contributed by atoms with Gasteiger partial charge in [-0.15, -0.1) is 6.58 Å². The van der Waals surface area contributed by atoms with Crippen LogP contribution >= 0.6 is 0 Å². The number of hydrogen-bond acceptors (Lipinski definition) is 5. The number of ether oxygens (including phenoxy) is 1. The van der Waals surface area contributed by atoms with E-state index < -0.39 is 5.60 Å². The summed E-state index contributed by atoms with van der Waals surface area (Å²) in [5, 5.41) is 12.1. The maximum absolute atomic E-state index is 13.3. The van der Waals surface area contributed by atoms with E-state index in [0.29, 0.717) is 26.2 Å². The van der Waals surface area contributed by atoms with E-state index in [4.69, 9.17) is 4.74 Å². The summed E-state index contributed by atoms with van der Waals surface area (Å²) in [7, 11) is 0. The summed E-state index contributed by atoms with van der Waals surface area (Å²) in [5.74, 6) is 0.254. The van der Waals surface area contributed by atoms with Crippen LogP contribution in [0.3, 0.4) is 0 Å². The molecule has 4 aliphatic rings. The summed E-state index contributed by atoms with van der Waals surface area (Å²) < 4.78 is 5.67. The SMILES string of the molecule is C=CCN(C(=O)OCC1=CCCC=C1)C1CCN(CC2CN(C(=O)C3CCCC3)CC2(O)c2ccccc2)CC1. The monoisotopic (exact) mass is 547 g/mol. The molecule has 2 heterocycles. The molecule has 2 saturated heterocycles. The third kappa shape index (κ3) is 6.52. The summed E-state index contributed by atoms with van der Waals surface area (Å²) in [5.41, 5.74) is 0.878. The maximum Gasteiger partial charge on any atom is 0.410 e. The molecule has 5 rings (SSSR count). The van der Waals surface area contributed by atoms with E-state index in [0.717, 1.165) is 82.1 Å². The Labute approximate surface area is 239 Å². The van der Waals surface area contributed by atoms with Crippen molar-refractivity contribution in [3.05, 3.63) is 72.4 Å². The molecule has 1 aromatic rings. The molecule has 2 unspecified atom stereocenters. The van der Waals surface area contributed by atoms with Crippen molar-refractivity contribution in [1.82, 2.24) is 14.7 Å². The van der Waals surface area contributed by atoms with Gasteiger partial charge in [0.2, 0.25) is 5.91 Å². The number of amides is 2. The fraction of sp³-hybridized carbons (Fsp3) is 0.576. The minimum absolute atomic E-state index is 0.0668. The van der Waals surface area contributed by atoms with Gasteiger partial charge in [-0.05, 0) is 49.7 Å². The summed E-state index contributed by atoms with van der Waals surface area (Å²) in [4.78, 5) is 32.5. The zero-order chi connectivity index (χ0) is 28.0. The summed E-state index contributed by atoms with van der Waals surface area (Å²) >= 11 is 0. The number of carbonyl (C=O) groups is 2. The summed E-state index contributed by atoms with van der Waals surface area (Å²) in [6.45, 7) is 7.96. The highest BCUT2D eigenvalue weighted by Gasteiger charge is 2.49. The normalized spacial score (nSPS) is 26.1. The van der Waals surface area contributed by atoms with Gasteiger partial charge in [0.15, 0.2) is 0 Å². The molecule has 2 aliphatic heterocycles. The van der Waals surface area contributed by atoms with Crippen molar-refractivity contribution in [1.29, 1.82) is 0 Å². The molecule has 7 heteroatoms. The van der Waals surface area contributed by atoms with Gasteiger partial charge in [-0.1, -0.05) is 67.5 Å². The van der Waals surface area contributed by atoms with Crippen molar-refractivity contribution < 1.29 is 19.4 Å². The van der Waals surface area contributed by atoms with Gasteiger partial charge in [0.25, 0.3) is 0 Å². The van der Waals surface area contributed by atoms with Crippen molar-refractivity contribution in [2.45, 2.75) is 63.0 Å². The third-order valence-electron chi connectivity index (χ3n) is 9.31. The molecular formula is C33H45N3O4. The van der Waals surface area contributed by atoms with Gasteiger partial charge in [0, 0.05) is 50.6 Å². The molecule has 1 saturated carbocycles. The first-order chi connectivity index (χ1) is 19.5. The third-order valence-corrected chi connectivity index (χ3v) is 9.31. The molecular weight excluding hydrogens is 502 g/mol. The van der Waals surface area contributed by atoms with Crippen LogP contribution in [0.2, 0.25) is 0 Å². The lowest BCUT2D eigenvalue weighted by atomic mass is 9.83. The first kappa shape index (κ1) is 28.6. The van der Waals surface area contributed by atoms with Crippen molar-refractivity contribution in [3.8, 4) is 0 Å². The largest absolute Gasteiger partial charge is 0.445 e. The quantitative estimate of drug-likeness (QED) is 0.446. The molecule has 1 N–H and O–H groups in total. The van der Waals surface area contributed by atoms with Crippen LogP contribution in [-0.2, 0) is 15.1 Å². The predicted octanol–water partition coefficient (Wildman–Crippen LogP) is 4.89. The highest BCUT2D eigenvalue weighted by molar-refractivity contribution is 5.79. The number of benzene rings is 1. The van der Waals surface area contributed by atoms with Gasteiger partial charge < -0.3 is 24.5 Å². The molecule has 2 amide bonds. The average Bonchev–Trinajstić information content (AvgIpc) is 3.65. The number of carbonyl (C=O) groups excluding carboxylic acids is 2. The van der Waals surface area contributed by atoms with Gasteiger partial charge in [-0.3, -0.25) is 4.79 Å². The smallest absolute Gasteiger partial charge is 0.410 e. The van der Waals surface area contributed by atoms with Gasteiger partial charge in [0.1, 0.15) is 12.2 Å². The Morgan fingerprint density at radius 1 is 1.10 bits per heavy atom. The zero-order valence-electron chi connectivity index (χ0n) is 23.8. The van der Waals surface area contributed by atoms with Gasteiger partial charge >= 0.3 is 6.09 Å².